The number of halogens is 1. The van der Waals surface area contributed by atoms with Crippen molar-refractivity contribution < 1.29 is 4.79 Å². The van der Waals surface area contributed by atoms with Crippen molar-refractivity contribution in [3.05, 3.63) is 137 Å². The van der Waals surface area contributed by atoms with Crippen LogP contribution in [-0.2, 0) is 4.79 Å². The molecule has 40 heavy (non-hydrogen) atoms. The summed E-state index contributed by atoms with van der Waals surface area (Å²) in [6, 6.07) is 35.4. The van der Waals surface area contributed by atoms with Gasteiger partial charge in [-0.2, -0.15) is 15.2 Å². The van der Waals surface area contributed by atoms with Gasteiger partial charge in [0.15, 0.2) is 0 Å². The summed E-state index contributed by atoms with van der Waals surface area (Å²) in [4.78, 5) is 14.9. The first-order valence-electron chi connectivity index (χ1n) is 12.8. The molecule has 0 bridgehead atoms. The molecule has 1 aliphatic heterocycles. The predicted molar refractivity (Wildman–Crippen MR) is 165 cm³/mol. The molecule has 2 heterocycles. The predicted octanol–water partition coefficient (Wildman–Crippen LogP) is 8.08. The van der Waals surface area contributed by atoms with Crippen LogP contribution in [0.25, 0.3) is 23.0 Å². The van der Waals surface area contributed by atoms with E-state index in [2.05, 4.69) is 31.2 Å². The Kier molecular flexibility index (Phi) is 7.36. The van der Waals surface area contributed by atoms with Gasteiger partial charge in [-0.25, -0.2) is 4.68 Å². The van der Waals surface area contributed by atoms with Gasteiger partial charge < -0.3 is 0 Å². The summed E-state index contributed by atoms with van der Waals surface area (Å²) in [6.45, 7) is 2.06. The van der Waals surface area contributed by atoms with Gasteiger partial charge in [-0.05, 0) is 61.5 Å². The van der Waals surface area contributed by atoms with E-state index < -0.39 is 0 Å². The van der Waals surface area contributed by atoms with Crippen molar-refractivity contribution in [2.45, 2.75) is 11.8 Å². The molecule has 0 spiro atoms. The number of rotatable bonds is 7. The Morgan fingerprint density at radius 2 is 1.48 bits per heavy atom. The van der Waals surface area contributed by atoms with Gasteiger partial charge in [-0.15, -0.1) is 11.8 Å². The summed E-state index contributed by atoms with van der Waals surface area (Å²) in [5.74, 6) is 0.357. The van der Waals surface area contributed by atoms with Gasteiger partial charge in [-0.1, -0.05) is 77.8 Å². The number of hydrogen-bond acceptors (Lipinski definition) is 4. The number of hydrazone groups is 1. The van der Waals surface area contributed by atoms with Crippen LogP contribution in [0.2, 0.25) is 5.02 Å². The summed E-state index contributed by atoms with van der Waals surface area (Å²) in [7, 11) is 0. The van der Waals surface area contributed by atoms with Crippen molar-refractivity contribution in [2.75, 3.05) is 10.8 Å². The van der Waals surface area contributed by atoms with E-state index in [1.54, 1.807) is 11.8 Å². The number of amides is 1. The molecule has 0 aliphatic carbocycles. The van der Waals surface area contributed by atoms with Crippen LogP contribution < -0.4 is 5.01 Å². The normalized spacial score (nSPS) is 14.2. The number of anilines is 1. The molecule has 0 N–H and O–H groups in total. The Morgan fingerprint density at radius 3 is 2.15 bits per heavy atom. The number of benzene rings is 4. The maximum Gasteiger partial charge on any atom is 0.280 e. The maximum absolute atomic E-state index is 13.8. The summed E-state index contributed by atoms with van der Waals surface area (Å²) >= 11 is 7.69. The number of hydrogen-bond donors (Lipinski definition) is 0. The van der Waals surface area contributed by atoms with Gasteiger partial charge in [0.1, 0.15) is 0 Å². The van der Waals surface area contributed by atoms with Crippen molar-refractivity contribution in [3.8, 4) is 16.9 Å². The third-order valence-electron chi connectivity index (χ3n) is 6.53. The first kappa shape index (κ1) is 25.9. The van der Waals surface area contributed by atoms with Crippen LogP contribution in [0.4, 0.5) is 5.69 Å². The van der Waals surface area contributed by atoms with Crippen molar-refractivity contribution in [1.29, 1.82) is 0 Å². The first-order chi connectivity index (χ1) is 19.5. The molecular formula is C33H25ClN4OS. The number of aromatic nitrogens is 2. The highest BCUT2D eigenvalue weighted by Gasteiger charge is 2.31. The highest BCUT2D eigenvalue weighted by atomic mass is 35.5. The van der Waals surface area contributed by atoms with Crippen LogP contribution in [0.5, 0.6) is 0 Å². The molecule has 0 saturated carbocycles. The van der Waals surface area contributed by atoms with Crippen LogP contribution in [-0.4, -0.2) is 27.2 Å². The van der Waals surface area contributed by atoms with Crippen LogP contribution >= 0.6 is 23.4 Å². The van der Waals surface area contributed by atoms with Crippen molar-refractivity contribution >= 4 is 46.7 Å². The maximum atomic E-state index is 13.8. The lowest BCUT2D eigenvalue weighted by molar-refractivity contribution is -0.114. The zero-order valence-electron chi connectivity index (χ0n) is 21.7. The van der Waals surface area contributed by atoms with Gasteiger partial charge in [0.2, 0.25) is 0 Å². The van der Waals surface area contributed by atoms with E-state index in [4.69, 9.17) is 21.8 Å². The molecule has 0 saturated heterocycles. The van der Waals surface area contributed by atoms with E-state index in [0.29, 0.717) is 22.1 Å². The van der Waals surface area contributed by atoms with Crippen LogP contribution in [0, 0.1) is 6.92 Å². The molecule has 0 unspecified atom stereocenters. The standard InChI is InChI=1S/C33H25ClN4OS/c1-23-12-14-24(15-13-23)32-25(21-37(36-32)27-8-4-2-5-9-27)20-30-31(22-40-29-18-16-26(34)17-19-29)35-38(33(30)39)28-10-6-3-7-11-28/h2-21H,22H2,1H3. The van der Waals surface area contributed by atoms with Crippen molar-refractivity contribution in [2.24, 2.45) is 5.10 Å². The second-order valence-corrected chi connectivity index (χ2v) is 10.9. The molecule has 196 valence electrons. The number of carbonyl (C=O) groups is 1. The van der Waals surface area contributed by atoms with Crippen molar-refractivity contribution in [1.82, 2.24) is 9.78 Å². The smallest absolute Gasteiger partial charge is 0.267 e. The minimum atomic E-state index is -0.166. The average Bonchev–Trinajstić information content (AvgIpc) is 3.55. The largest absolute Gasteiger partial charge is 0.280 e. The van der Waals surface area contributed by atoms with Gasteiger partial charge in [0, 0.05) is 33.0 Å². The van der Waals surface area contributed by atoms with Gasteiger partial charge in [0.25, 0.3) is 5.91 Å². The highest BCUT2D eigenvalue weighted by Crippen LogP contribution is 2.31. The molecular weight excluding hydrogens is 536 g/mol. The van der Waals surface area contributed by atoms with Crippen molar-refractivity contribution in [3.63, 3.8) is 0 Å². The Labute approximate surface area is 242 Å². The Morgan fingerprint density at radius 1 is 0.825 bits per heavy atom. The minimum Gasteiger partial charge on any atom is -0.267 e. The third-order valence-corrected chi connectivity index (χ3v) is 7.81. The summed E-state index contributed by atoms with van der Waals surface area (Å²) in [5.41, 5.74) is 6.71. The minimum absolute atomic E-state index is 0.166. The second-order valence-electron chi connectivity index (χ2n) is 9.38. The molecule has 6 rings (SSSR count). The molecule has 5 aromatic rings. The summed E-state index contributed by atoms with van der Waals surface area (Å²) < 4.78 is 1.86. The molecule has 1 amide bonds. The summed E-state index contributed by atoms with van der Waals surface area (Å²) in [6.07, 6.45) is 3.90. The molecule has 7 heteroatoms. The van der Waals surface area contributed by atoms with E-state index in [-0.39, 0.29) is 5.91 Å². The Bertz CT molecular complexity index is 1710. The third kappa shape index (κ3) is 5.50. The molecule has 1 aliphatic rings. The zero-order valence-corrected chi connectivity index (χ0v) is 23.3. The van der Waals surface area contributed by atoms with Crippen LogP contribution in [0.3, 0.4) is 0 Å². The fraction of sp³-hybridized carbons (Fsp3) is 0.0606. The quantitative estimate of drug-likeness (QED) is 0.149. The lowest BCUT2D eigenvalue weighted by Gasteiger charge is -2.11. The number of para-hydroxylation sites is 2. The molecule has 1 aromatic heterocycles. The van der Waals surface area contributed by atoms with Crippen LogP contribution in [0.1, 0.15) is 11.1 Å². The van der Waals surface area contributed by atoms with E-state index in [9.17, 15) is 4.79 Å². The van der Waals surface area contributed by atoms with E-state index >= 15 is 0 Å². The number of nitrogens with zero attached hydrogens (tertiary/aromatic N) is 4. The monoisotopic (exact) mass is 560 g/mol. The molecule has 4 aromatic carbocycles. The fourth-order valence-corrected chi connectivity index (χ4v) is 5.40. The Balaban J connectivity index is 1.43. The second kappa shape index (κ2) is 11.4. The number of carbonyl (C=O) groups excluding carboxylic acids is 1. The molecule has 0 fully saturated rings. The van der Waals surface area contributed by atoms with E-state index in [1.165, 1.54) is 10.6 Å². The van der Waals surface area contributed by atoms with Crippen LogP contribution in [0.15, 0.2) is 131 Å². The number of aryl methyl sites for hydroxylation is 1. The lowest BCUT2D eigenvalue weighted by Crippen LogP contribution is -2.21. The average molecular weight is 561 g/mol. The van der Waals surface area contributed by atoms with Gasteiger partial charge >= 0.3 is 0 Å². The molecule has 0 radical (unpaired) electrons. The SMILES string of the molecule is Cc1ccc(-c2nn(-c3ccccc3)cc2C=C2C(=O)N(c3ccccc3)N=C2CSc2ccc(Cl)cc2)cc1. The van der Waals surface area contributed by atoms with E-state index in [1.807, 2.05) is 102 Å². The van der Waals surface area contributed by atoms with Gasteiger partial charge in [0.05, 0.1) is 28.4 Å². The Hall–Kier alpha value is -4.39. The fourth-order valence-electron chi connectivity index (χ4n) is 4.43. The first-order valence-corrected chi connectivity index (χ1v) is 14.2. The van der Waals surface area contributed by atoms with Gasteiger partial charge in [-0.3, -0.25) is 4.79 Å². The topological polar surface area (TPSA) is 50.5 Å². The highest BCUT2D eigenvalue weighted by molar-refractivity contribution is 8.00. The molecule has 0 atom stereocenters. The lowest BCUT2D eigenvalue weighted by atomic mass is 10.0. The van der Waals surface area contributed by atoms with E-state index in [0.717, 1.165) is 33.1 Å². The zero-order chi connectivity index (χ0) is 27.5. The molecule has 5 nitrogen and oxygen atoms in total. The summed E-state index contributed by atoms with van der Waals surface area (Å²) in [5, 5.41) is 11.9. The number of thioether (sulfide) groups is 1.